The number of amides is 1. The molecule has 0 aliphatic carbocycles. The second-order valence-electron chi connectivity index (χ2n) is 7.54. The number of carbonyl (C=O) groups excluding carboxylic acids is 1. The standard InChI is InChI=1S/C25H28N2O4/c1-18(12-13-19-8-5-4-6-9-19)26-25(29)22-15-23(28)24(16-27(22)2)31-17-20-10-7-11-21(14-20)30-3/h4-11,14-16,18H,12-13,17H2,1-3H3,(H,26,29). The van der Waals surface area contributed by atoms with E-state index in [1.54, 1.807) is 24.9 Å². The molecule has 0 fully saturated rings. The van der Waals surface area contributed by atoms with Gasteiger partial charge in [0.15, 0.2) is 5.75 Å². The highest BCUT2D eigenvalue weighted by Gasteiger charge is 2.15. The Kier molecular flexibility index (Phi) is 7.49. The lowest BCUT2D eigenvalue weighted by Gasteiger charge is -2.16. The van der Waals surface area contributed by atoms with Crippen molar-refractivity contribution < 1.29 is 14.3 Å². The van der Waals surface area contributed by atoms with E-state index in [9.17, 15) is 9.59 Å². The molecule has 1 heterocycles. The van der Waals surface area contributed by atoms with E-state index in [1.165, 1.54) is 11.6 Å². The Morgan fingerprint density at radius 1 is 1.06 bits per heavy atom. The van der Waals surface area contributed by atoms with Crippen LogP contribution in [-0.2, 0) is 20.1 Å². The maximum atomic E-state index is 12.7. The van der Waals surface area contributed by atoms with Crippen LogP contribution in [0.2, 0.25) is 0 Å². The second-order valence-corrected chi connectivity index (χ2v) is 7.54. The zero-order valence-corrected chi connectivity index (χ0v) is 18.1. The van der Waals surface area contributed by atoms with E-state index in [4.69, 9.17) is 9.47 Å². The third kappa shape index (κ3) is 6.22. The number of benzene rings is 2. The molecule has 1 aromatic heterocycles. The predicted molar refractivity (Wildman–Crippen MR) is 121 cm³/mol. The molecule has 2 aromatic carbocycles. The van der Waals surface area contributed by atoms with Crippen molar-refractivity contribution in [3.8, 4) is 11.5 Å². The minimum absolute atomic E-state index is 0.0215. The first-order valence-corrected chi connectivity index (χ1v) is 10.3. The Balaban J connectivity index is 1.60. The highest BCUT2D eigenvalue weighted by molar-refractivity contribution is 5.92. The van der Waals surface area contributed by atoms with Gasteiger partial charge >= 0.3 is 0 Å². The molecule has 6 heteroatoms. The number of hydrogen-bond acceptors (Lipinski definition) is 4. The van der Waals surface area contributed by atoms with E-state index in [0.717, 1.165) is 24.2 Å². The Labute approximate surface area is 182 Å². The van der Waals surface area contributed by atoms with Gasteiger partial charge in [-0.25, -0.2) is 0 Å². The first kappa shape index (κ1) is 22.2. The van der Waals surface area contributed by atoms with Crippen LogP contribution >= 0.6 is 0 Å². The molecule has 0 aliphatic rings. The lowest BCUT2D eigenvalue weighted by atomic mass is 10.1. The zero-order chi connectivity index (χ0) is 22.2. The highest BCUT2D eigenvalue weighted by Crippen LogP contribution is 2.15. The summed E-state index contributed by atoms with van der Waals surface area (Å²) in [6.07, 6.45) is 3.23. The van der Waals surface area contributed by atoms with E-state index < -0.39 is 0 Å². The van der Waals surface area contributed by atoms with Crippen LogP contribution in [0.5, 0.6) is 11.5 Å². The molecular weight excluding hydrogens is 392 g/mol. The van der Waals surface area contributed by atoms with Gasteiger partial charge in [-0.2, -0.15) is 0 Å². The molecule has 1 unspecified atom stereocenters. The first-order chi connectivity index (χ1) is 15.0. The summed E-state index contributed by atoms with van der Waals surface area (Å²) in [5.41, 5.74) is 2.08. The Morgan fingerprint density at radius 2 is 1.81 bits per heavy atom. The van der Waals surface area contributed by atoms with E-state index in [0.29, 0.717) is 5.69 Å². The second kappa shape index (κ2) is 10.5. The molecule has 3 rings (SSSR count). The lowest BCUT2D eigenvalue weighted by molar-refractivity contribution is 0.0929. The van der Waals surface area contributed by atoms with Crippen LogP contribution in [0.15, 0.2) is 71.7 Å². The molecule has 0 saturated carbocycles. The number of carbonyl (C=O) groups is 1. The lowest BCUT2D eigenvalue weighted by Crippen LogP contribution is -2.35. The largest absolute Gasteiger partial charge is 0.497 e. The van der Waals surface area contributed by atoms with E-state index >= 15 is 0 Å². The Bertz CT molecular complexity index is 1080. The summed E-state index contributed by atoms with van der Waals surface area (Å²) < 4.78 is 12.5. The summed E-state index contributed by atoms with van der Waals surface area (Å²) in [5.74, 6) is 0.640. The van der Waals surface area contributed by atoms with Gasteiger partial charge in [0.25, 0.3) is 5.91 Å². The molecule has 0 radical (unpaired) electrons. The smallest absolute Gasteiger partial charge is 0.268 e. The number of nitrogens with zero attached hydrogens (tertiary/aromatic N) is 1. The fourth-order valence-corrected chi connectivity index (χ4v) is 3.26. The van der Waals surface area contributed by atoms with Gasteiger partial charge in [0.2, 0.25) is 5.43 Å². The molecule has 0 aliphatic heterocycles. The van der Waals surface area contributed by atoms with E-state index in [-0.39, 0.29) is 29.7 Å². The monoisotopic (exact) mass is 420 g/mol. The molecule has 0 bridgehead atoms. The average Bonchev–Trinajstić information content (AvgIpc) is 2.78. The van der Waals surface area contributed by atoms with Crippen molar-refractivity contribution in [1.82, 2.24) is 9.88 Å². The van der Waals surface area contributed by atoms with Crippen molar-refractivity contribution in [3.05, 3.63) is 93.9 Å². The number of ether oxygens (including phenoxy) is 2. The number of nitrogens with one attached hydrogen (secondary N) is 1. The molecule has 6 nitrogen and oxygen atoms in total. The van der Waals surface area contributed by atoms with Crippen LogP contribution in [0, 0.1) is 0 Å². The first-order valence-electron chi connectivity index (χ1n) is 10.3. The van der Waals surface area contributed by atoms with Crippen LogP contribution < -0.4 is 20.2 Å². The number of aromatic nitrogens is 1. The minimum Gasteiger partial charge on any atom is -0.497 e. The van der Waals surface area contributed by atoms with E-state index in [1.807, 2.05) is 49.4 Å². The number of hydrogen-bond donors (Lipinski definition) is 1. The van der Waals surface area contributed by atoms with Gasteiger partial charge in [0, 0.05) is 19.2 Å². The van der Waals surface area contributed by atoms with Crippen molar-refractivity contribution in [2.24, 2.45) is 7.05 Å². The van der Waals surface area contributed by atoms with Crippen LogP contribution in [-0.4, -0.2) is 23.6 Å². The fourth-order valence-electron chi connectivity index (χ4n) is 3.26. The minimum atomic E-state index is -0.330. The number of aryl methyl sites for hydroxylation is 2. The maximum absolute atomic E-state index is 12.7. The van der Waals surface area contributed by atoms with Gasteiger partial charge in [0.05, 0.1) is 13.3 Å². The average molecular weight is 421 g/mol. The van der Waals surface area contributed by atoms with Gasteiger partial charge in [-0.15, -0.1) is 0 Å². The molecular formula is C25H28N2O4. The quantitative estimate of drug-likeness (QED) is 0.573. The van der Waals surface area contributed by atoms with E-state index in [2.05, 4.69) is 17.4 Å². The molecule has 31 heavy (non-hydrogen) atoms. The van der Waals surface area contributed by atoms with Crippen molar-refractivity contribution in [2.75, 3.05) is 7.11 Å². The van der Waals surface area contributed by atoms with Crippen molar-refractivity contribution in [2.45, 2.75) is 32.4 Å². The van der Waals surface area contributed by atoms with Gasteiger partial charge in [0.1, 0.15) is 18.1 Å². The summed E-state index contributed by atoms with van der Waals surface area (Å²) in [6.45, 7) is 2.19. The van der Waals surface area contributed by atoms with Gasteiger partial charge in [-0.1, -0.05) is 42.5 Å². The molecule has 0 saturated heterocycles. The Hall–Kier alpha value is -3.54. The SMILES string of the molecule is COc1cccc(COc2cn(C)c(C(=O)NC(C)CCc3ccccc3)cc2=O)c1. The Morgan fingerprint density at radius 3 is 2.55 bits per heavy atom. The van der Waals surface area contributed by atoms with Gasteiger partial charge in [-0.05, 0) is 43.0 Å². The van der Waals surface area contributed by atoms with Crippen molar-refractivity contribution in [1.29, 1.82) is 0 Å². The van der Waals surface area contributed by atoms with Gasteiger partial charge < -0.3 is 19.4 Å². The molecule has 1 N–H and O–H groups in total. The highest BCUT2D eigenvalue weighted by atomic mass is 16.5. The van der Waals surface area contributed by atoms with Gasteiger partial charge in [-0.3, -0.25) is 9.59 Å². The molecule has 0 spiro atoms. The van der Waals surface area contributed by atoms with Crippen molar-refractivity contribution in [3.63, 3.8) is 0 Å². The number of pyridine rings is 1. The zero-order valence-electron chi connectivity index (χ0n) is 18.1. The predicted octanol–water partition coefficient (Wildman–Crippen LogP) is 3.72. The van der Waals surface area contributed by atoms with Crippen LogP contribution in [0.3, 0.4) is 0 Å². The third-order valence-electron chi connectivity index (χ3n) is 5.05. The molecule has 3 aromatic rings. The van der Waals surface area contributed by atoms with Crippen LogP contribution in [0.1, 0.15) is 35.0 Å². The summed E-state index contributed by atoms with van der Waals surface area (Å²) in [6, 6.07) is 18.9. The normalized spacial score (nSPS) is 11.6. The summed E-state index contributed by atoms with van der Waals surface area (Å²) in [4.78, 5) is 25.2. The summed E-state index contributed by atoms with van der Waals surface area (Å²) in [5, 5.41) is 2.97. The summed E-state index contributed by atoms with van der Waals surface area (Å²) in [7, 11) is 3.32. The third-order valence-corrected chi connectivity index (χ3v) is 5.05. The van der Waals surface area contributed by atoms with Crippen LogP contribution in [0.25, 0.3) is 0 Å². The topological polar surface area (TPSA) is 69.6 Å². The molecule has 1 atom stereocenters. The number of methoxy groups -OCH3 is 1. The van der Waals surface area contributed by atoms with Crippen molar-refractivity contribution >= 4 is 5.91 Å². The van der Waals surface area contributed by atoms with Crippen LogP contribution in [0.4, 0.5) is 0 Å². The number of rotatable bonds is 9. The maximum Gasteiger partial charge on any atom is 0.268 e. The fraction of sp³-hybridized carbons (Fsp3) is 0.280. The molecule has 162 valence electrons. The molecule has 1 amide bonds. The summed E-state index contributed by atoms with van der Waals surface area (Å²) >= 11 is 0.